The molecule has 5 nitrogen and oxygen atoms in total. The second-order valence-corrected chi connectivity index (χ2v) is 7.18. The highest BCUT2D eigenvalue weighted by Crippen LogP contribution is 2.38. The molecule has 0 spiro atoms. The Morgan fingerprint density at radius 2 is 1.47 bits per heavy atom. The summed E-state index contributed by atoms with van der Waals surface area (Å²) in [6.45, 7) is 7.02. The number of nitrogens with zero attached hydrogens (tertiary/aromatic N) is 1. The van der Waals surface area contributed by atoms with Crippen molar-refractivity contribution in [3.8, 4) is 0 Å². The first-order valence-corrected chi connectivity index (χ1v) is 6.43. The summed E-state index contributed by atoms with van der Waals surface area (Å²) in [6, 6.07) is 0. The van der Waals surface area contributed by atoms with Crippen LogP contribution in [-0.4, -0.2) is 39.6 Å². The number of hydrogen-bond donors (Lipinski definition) is 2. The van der Waals surface area contributed by atoms with Gasteiger partial charge in [0.25, 0.3) is 10.1 Å². The van der Waals surface area contributed by atoms with E-state index in [9.17, 15) is 13.6 Å². The van der Waals surface area contributed by atoms with Gasteiger partial charge in [0.15, 0.2) is 0 Å². The predicted octanol–water partition coefficient (Wildman–Crippen LogP) is 1.28. The van der Waals surface area contributed by atoms with Crippen molar-refractivity contribution in [1.82, 2.24) is 5.06 Å². The summed E-state index contributed by atoms with van der Waals surface area (Å²) in [6.07, 6.45) is 0.456. The van der Waals surface area contributed by atoms with Gasteiger partial charge in [-0.1, -0.05) is 0 Å². The Labute approximate surface area is 90.8 Å². The first-order valence-electron chi connectivity index (χ1n) is 4.92. The summed E-state index contributed by atoms with van der Waals surface area (Å²) in [5, 5.41) is 10.3. The molecule has 0 aromatic rings. The summed E-state index contributed by atoms with van der Waals surface area (Å²) in [4.78, 5) is 0. The van der Waals surface area contributed by atoms with E-state index in [0.717, 1.165) is 0 Å². The Kier molecular flexibility index (Phi) is 2.93. The molecule has 0 radical (unpaired) electrons. The molecule has 1 saturated heterocycles. The van der Waals surface area contributed by atoms with Gasteiger partial charge in [-0.25, -0.2) is 0 Å². The molecule has 0 aromatic carbocycles. The normalized spacial score (nSPS) is 27.9. The van der Waals surface area contributed by atoms with E-state index in [1.54, 1.807) is 27.7 Å². The molecule has 15 heavy (non-hydrogen) atoms. The van der Waals surface area contributed by atoms with E-state index in [1.165, 1.54) is 5.06 Å². The first-order chi connectivity index (χ1) is 6.47. The molecule has 0 atom stereocenters. The van der Waals surface area contributed by atoms with Crippen LogP contribution >= 0.6 is 0 Å². The maximum atomic E-state index is 11.1. The largest absolute Gasteiger partial charge is 0.313 e. The van der Waals surface area contributed by atoms with Crippen LogP contribution in [0, 0.1) is 0 Å². The Morgan fingerprint density at radius 1 is 1.13 bits per heavy atom. The zero-order chi connectivity index (χ0) is 12.1. The molecule has 0 aromatic heterocycles. The zero-order valence-electron chi connectivity index (χ0n) is 9.56. The Hall–Kier alpha value is -0.170. The third-order valence-electron chi connectivity index (χ3n) is 3.02. The minimum Gasteiger partial charge on any atom is -0.313 e. The highest BCUT2D eigenvalue weighted by molar-refractivity contribution is 7.86. The maximum absolute atomic E-state index is 11.1. The fraction of sp³-hybridized carbons (Fsp3) is 1.00. The summed E-state index contributed by atoms with van der Waals surface area (Å²) in [5.74, 6) is 0. The van der Waals surface area contributed by atoms with Gasteiger partial charge in [-0.3, -0.25) is 4.55 Å². The van der Waals surface area contributed by atoms with E-state index < -0.39 is 26.4 Å². The summed E-state index contributed by atoms with van der Waals surface area (Å²) >= 11 is 0. The van der Waals surface area contributed by atoms with Crippen LogP contribution in [0.2, 0.25) is 0 Å². The number of piperidine rings is 1. The van der Waals surface area contributed by atoms with Gasteiger partial charge in [0.2, 0.25) is 0 Å². The average Bonchev–Trinajstić information content (AvgIpc) is 1.97. The summed E-state index contributed by atoms with van der Waals surface area (Å²) in [7, 11) is -4.03. The van der Waals surface area contributed by atoms with E-state index in [0.29, 0.717) is 0 Å². The monoisotopic (exact) mass is 237 g/mol. The van der Waals surface area contributed by atoms with E-state index in [1.807, 2.05) is 0 Å². The van der Waals surface area contributed by atoms with Gasteiger partial charge in [0.05, 0.1) is 5.25 Å². The van der Waals surface area contributed by atoms with Crippen LogP contribution < -0.4 is 0 Å². The fourth-order valence-corrected chi connectivity index (χ4v) is 3.63. The van der Waals surface area contributed by atoms with Gasteiger partial charge in [-0.15, -0.1) is 0 Å². The molecule has 1 fully saturated rings. The molecular formula is C9H19NO4S. The van der Waals surface area contributed by atoms with Crippen LogP contribution in [-0.2, 0) is 10.1 Å². The van der Waals surface area contributed by atoms with Crippen LogP contribution in [0.25, 0.3) is 0 Å². The highest BCUT2D eigenvalue weighted by Gasteiger charge is 2.48. The van der Waals surface area contributed by atoms with Gasteiger partial charge >= 0.3 is 0 Å². The summed E-state index contributed by atoms with van der Waals surface area (Å²) < 4.78 is 31.3. The highest BCUT2D eigenvalue weighted by atomic mass is 32.2. The van der Waals surface area contributed by atoms with Crippen LogP contribution in [0.1, 0.15) is 40.5 Å². The van der Waals surface area contributed by atoms with Crippen molar-refractivity contribution < 1.29 is 18.2 Å². The molecule has 0 aliphatic carbocycles. The van der Waals surface area contributed by atoms with Gasteiger partial charge in [-0.05, 0) is 40.5 Å². The van der Waals surface area contributed by atoms with Crippen LogP contribution in [0.4, 0.5) is 0 Å². The predicted molar refractivity (Wildman–Crippen MR) is 56.4 cm³/mol. The molecule has 0 bridgehead atoms. The Bertz CT molecular complexity index is 329. The van der Waals surface area contributed by atoms with Gasteiger partial charge in [0, 0.05) is 11.1 Å². The molecular weight excluding hydrogens is 218 g/mol. The van der Waals surface area contributed by atoms with Crippen LogP contribution in [0.3, 0.4) is 0 Å². The molecule has 0 unspecified atom stereocenters. The fourth-order valence-electron chi connectivity index (χ4n) is 2.39. The summed E-state index contributed by atoms with van der Waals surface area (Å²) in [5.41, 5.74) is -1.30. The minimum atomic E-state index is -4.03. The molecule has 6 heteroatoms. The third kappa shape index (κ3) is 2.50. The smallest absolute Gasteiger partial charge is 0.267 e. The van der Waals surface area contributed by atoms with Crippen molar-refractivity contribution in [2.45, 2.75) is 56.9 Å². The maximum Gasteiger partial charge on any atom is 0.267 e. The number of rotatable bonds is 1. The van der Waals surface area contributed by atoms with E-state index in [4.69, 9.17) is 4.55 Å². The van der Waals surface area contributed by atoms with Crippen LogP contribution in [0.15, 0.2) is 0 Å². The van der Waals surface area contributed by atoms with Crippen molar-refractivity contribution in [2.75, 3.05) is 0 Å². The molecule has 2 N–H and O–H groups in total. The standard InChI is InChI=1S/C9H19NO4S/c1-8(2)5-7(15(12,13)14)6-9(3,4)10(8)11/h7,11H,5-6H2,1-4H3,(H,12,13,14). The molecule has 1 rings (SSSR count). The molecule has 1 heterocycles. The number of hydrogen-bond acceptors (Lipinski definition) is 4. The van der Waals surface area contributed by atoms with Crippen molar-refractivity contribution >= 4 is 10.1 Å². The topological polar surface area (TPSA) is 77.8 Å². The molecule has 1 aliphatic heterocycles. The molecule has 1 aliphatic rings. The molecule has 0 amide bonds. The lowest BCUT2D eigenvalue weighted by Gasteiger charge is -2.50. The lowest BCUT2D eigenvalue weighted by Crippen LogP contribution is -2.61. The van der Waals surface area contributed by atoms with Crippen molar-refractivity contribution in [3.63, 3.8) is 0 Å². The van der Waals surface area contributed by atoms with E-state index >= 15 is 0 Å². The van der Waals surface area contributed by atoms with Crippen molar-refractivity contribution in [3.05, 3.63) is 0 Å². The van der Waals surface area contributed by atoms with E-state index in [2.05, 4.69) is 0 Å². The number of hydroxylamine groups is 2. The second kappa shape index (κ2) is 3.41. The quantitative estimate of drug-likeness (QED) is 0.672. The van der Waals surface area contributed by atoms with Gasteiger partial charge in [-0.2, -0.15) is 13.5 Å². The molecule has 0 saturated carbocycles. The van der Waals surface area contributed by atoms with Crippen molar-refractivity contribution in [2.24, 2.45) is 0 Å². The van der Waals surface area contributed by atoms with E-state index in [-0.39, 0.29) is 12.8 Å². The van der Waals surface area contributed by atoms with Crippen molar-refractivity contribution in [1.29, 1.82) is 0 Å². The lowest BCUT2D eigenvalue weighted by atomic mass is 9.82. The second-order valence-electron chi connectivity index (χ2n) is 5.48. The first kappa shape index (κ1) is 12.9. The Balaban J connectivity index is 3.05. The third-order valence-corrected chi connectivity index (χ3v) is 4.20. The minimum absolute atomic E-state index is 0.228. The SMILES string of the molecule is CC1(C)CC(S(=O)(=O)O)CC(C)(C)N1O. The van der Waals surface area contributed by atoms with Gasteiger partial charge in [0.1, 0.15) is 0 Å². The average molecular weight is 237 g/mol. The molecule has 90 valence electrons. The van der Waals surface area contributed by atoms with Crippen LogP contribution in [0.5, 0.6) is 0 Å². The lowest BCUT2D eigenvalue weighted by molar-refractivity contribution is -0.241. The van der Waals surface area contributed by atoms with Gasteiger partial charge < -0.3 is 5.21 Å². The Morgan fingerprint density at radius 3 is 1.73 bits per heavy atom. The zero-order valence-corrected chi connectivity index (χ0v) is 10.4.